The van der Waals surface area contributed by atoms with Gasteiger partial charge in [-0.3, -0.25) is 14.5 Å². The van der Waals surface area contributed by atoms with Crippen LogP contribution >= 0.6 is 0 Å². The summed E-state index contributed by atoms with van der Waals surface area (Å²) in [6, 6.07) is 12.0. The summed E-state index contributed by atoms with van der Waals surface area (Å²) in [4.78, 5) is 26.4. The molecule has 1 atom stereocenters. The number of carbonyl (C=O) groups is 2. The topological polar surface area (TPSA) is 74.6 Å². The minimum absolute atomic E-state index is 0.0623. The van der Waals surface area contributed by atoms with Gasteiger partial charge in [-0.2, -0.15) is 0 Å². The predicted octanol–water partition coefficient (Wildman–Crippen LogP) is 2.21. The normalized spacial score (nSPS) is 15.2. The maximum absolute atomic E-state index is 12.2. The van der Waals surface area contributed by atoms with Gasteiger partial charge in [-0.1, -0.05) is 38.1 Å². The lowest BCUT2D eigenvalue weighted by Crippen LogP contribution is -2.50. The SMILES string of the molecule is CC(C)[C@H](CNC(=O)CNC(=O)c1ccco1)N1CCc2ccccc2C1. The monoisotopic (exact) mass is 369 g/mol. The molecule has 0 radical (unpaired) electrons. The van der Waals surface area contributed by atoms with Gasteiger partial charge in [-0.15, -0.1) is 0 Å². The average molecular weight is 369 g/mol. The predicted molar refractivity (Wildman–Crippen MR) is 103 cm³/mol. The number of fused-ring (bicyclic) bond motifs is 1. The molecule has 0 saturated carbocycles. The highest BCUT2D eigenvalue weighted by Crippen LogP contribution is 2.22. The van der Waals surface area contributed by atoms with Gasteiger partial charge in [0.1, 0.15) is 0 Å². The second kappa shape index (κ2) is 8.86. The van der Waals surface area contributed by atoms with Crippen LogP contribution < -0.4 is 10.6 Å². The van der Waals surface area contributed by atoms with E-state index in [9.17, 15) is 9.59 Å². The second-order valence-electron chi connectivity index (χ2n) is 7.26. The van der Waals surface area contributed by atoms with Crippen molar-refractivity contribution in [3.8, 4) is 0 Å². The Labute approximate surface area is 159 Å². The Balaban J connectivity index is 1.50. The molecule has 2 heterocycles. The summed E-state index contributed by atoms with van der Waals surface area (Å²) in [5.41, 5.74) is 2.78. The lowest BCUT2D eigenvalue weighted by molar-refractivity contribution is -0.120. The van der Waals surface area contributed by atoms with Crippen LogP contribution in [0, 0.1) is 5.92 Å². The summed E-state index contributed by atoms with van der Waals surface area (Å²) in [6.07, 6.45) is 2.46. The highest BCUT2D eigenvalue weighted by molar-refractivity contribution is 5.94. The molecule has 1 aromatic heterocycles. The summed E-state index contributed by atoms with van der Waals surface area (Å²) in [5.74, 6) is 0.0317. The second-order valence-corrected chi connectivity index (χ2v) is 7.26. The molecular weight excluding hydrogens is 342 g/mol. The molecule has 1 aliphatic heterocycles. The molecule has 0 aliphatic carbocycles. The molecular formula is C21H27N3O3. The average Bonchev–Trinajstić information content (AvgIpc) is 3.21. The van der Waals surface area contributed by atoms with Crippen LogP contribution in [0.2, 0.25) is 0 Å². The summed E-state index contributed by atoms with van der Waals surface area (Å²) in [7, 11) is 0. The van der Waals surface area contributed by atoms with Crippen molar-refractivity contribution >= 4 is 11.8 Å². The van der Waals surface area contributed by atoms with E-state index < -0.39 is 0 Å². The Bertz CT molecular complexity index is 771. The summed E-state index contributed by atoms with van der Waals surface area (Å²) < 4.78 is 5.01. The fraction of sp³-hybridized carbons (Fsp3) is 0.429. The number of nitrogens with zero attached hydrogens (tertiary/aromatic N) is 1. The van der Waals surface area contributed by atoms with E-state index in [2.05, 4.69) is 53.6 Å². The third kappa shape index (κ3) is 4.98. The molecule has 27 heavy (non-hydrogen) atoms. The first-order valence-corrected chi connectivity index (χ1v) is 9.44. The van der Waals surface area contributed by atoms with E-state index in [1.165, 1.54) is 17.4 Å². The Morgan fingerprint density at radius 1 is 1.11 bits per heavy atom. The van der Waals surface area contributed by atoms with Crippen molar-refractivity contribution in [3.05, 3.63) is 59.5 Å². The zero-order valence-electron chi connectivity index (χ0n) is 15.9. The molecule has 0 spiro atoms. The quantitative estimate of drug-likeness (QED) is 0.785. The van der Waals surface area contributed by atoms with Crippen molar-refractivity contribution in [1.82, 2.24) is 15.5 Å². The lowest BCUT2D eigenvalue weighted by Gasteiger charge is -2.38. The number of hydrogen-bond acceptors (Lipinski definition) is 4. The van der Waals surface area contributed by atoms with E-state index in [4.69, 9.17) is 4.42 Å². The number of amides is 2. The van der Waals surface area contributed by atoms with Crippen molar-refractivity contribution < 1.29 is 14.0 Å². The number of carbonyl (C=O) groups excluding carboxylic acids is 2. The Hall–Kier alpha value is -2.60. The summed E-state index contributed by atoms with van der Waals surface area (Å²) in [5, 5.41) is 5.53. The molecule has 0 fully saturated rings. The molecule has 6 heteroatoms. The summed E-state index contributed by atoms with van der Waals surface area (Å²) in [6.45, 7) is 6.75. The highest BCUT2D eigenvalue weighted by atomic mass is 16.3. The van der Waals surface area contributed by atoms with Crippen LogP contribution in [0.4, 0.5) is 0 Å². The summed E-state index contributed by atoms with van der Waals surface area (Å²) >= 11 is 0. The number of rotatable bonds is 7. The van der Waals surface area contributed by atoms with Crippen LogP contribution in [0.5, 0.6) is 0 Å². The fourth-order valence-corrected chi connectivity index (χ4v) is 3.52. The number of hydrogen-bond donors (Lipinski definition) is 2. The van der Waals surface area contributed by atoms with Gasteiger partial charge in [0.05, 0.1) is 12.8 Å². The van der Waals surface area contributed by atoms with Crippen molar-refractivity contribution in [2.75, 3.05) is 19.6 Å². The van der Waals surface area contributed by atoms with Gasteiger partial charge in [-0.25, -0.2) is 0 Å². The Morgan fingerprint density at radius 2 is 1.89 bits per heavy atom. The van der Waals surface area contributed by atoms with Crippen LogP contribution in [0.3, 0.4) is 0 Å². The smallest absolute Gasteiger partial charge is 0.287 e. The number of nitrogens with one attached hydrogen (secondary N) is 2. The van der Waals surface area contributed by atoms with E-state index in [1.54, 1.807) is 12.1 Å². The largest absolute Gasteiger partial charge is 0.459 e. The van der Waals surface area contributed by atoms with Crippen molar-refractivity contribution in [2.45, 2.75) is 32.9 Å². The van der Waals surface area contributed by atoms with E-state index in [-0.39, 0.29) is 30.2 Å². The van der Waals surface area contributed by atoms with Crippen LogP contribution in [-0.4, -0.2) is 42.4 Å². The van der Waals surface area contributed by atoms with Crippen molar-refractivity contribution in [1.29, 1.82) is 0 Å². The zero-order valence-corrected chi connectivity index (χ0v) is 15.9. The first-order chi connectivity index (χ1) is 13.0. The number of furan rings is 1. The van der Waals surface area contributed by atoms with Crippen LogP contribution in [0.1, 0.15) is 35.5 Å². The van der Waals surface area contributed by atoms with Crippen molar-refractivity contribution in [3.63, 3.8) is 0 Å². The lowest BCUT2D eigenvalue weighted by atomic mass is 9.95. The third-order valence-corrected chi connectivity index (χ3v) is 5.06. The molecule has 2 amide bonds. The van der Waals surface area contributed by atoms with Crippen LogP contribution in [0.15, 0.2) is 47.1 Å². The minimum Gasteiger partial charge on any atom is -0.459 e. The standard InChI is InChI=1S/C21H27N3O3/c1-15(2)18(24-10-9-16-6-3-4-7-17(16)14-24)12-22-20(25)13-23-21(26)19-8-5-11-27-19/h3-8,11,15,18H,9-10,12-14H2,1-2H3,(H,22,25)(H,23,26)/t18-/m0/s1. The van der Waals surface area contributed by atoms with Gasteiger partial charge >= 0.3 is 0 Å². The molecule has 1 aromatic carbocycles. The molecule has 144 valence electrons. The van der Waals surface area contributed by atoms with Gasteiger partial charge < -0.3 is 15.1 Å². The molecule has 0 bridgehead atoms. The van der Waals surface area contributed by atoms with E-state index in [1.807, 2.05) is 0 Å². The molecule has 0 saturated heterocycles. The molecule has 0 unspecified atom stereocenters. The van der Waals surface area contributed by atoms with Gasteiger partial charge in [-0.05, 0) is 35.6 Å². The van der Waals surface area contributed by atoms with Crippen molar-refractivity contribution in [2.24, 2.45) is 5.92 Å². The van der Waals surface area contributed by atoms with Gasteiger partial charge in [0.25, 0.3) is 5.91 Å². The Kier molecular flexibility index (Phi) is 6.29. The van der Waals surface area contributed by atoms with E-state index in [0.717, 1.165) is 19.5 Å². The highest BCUT2D eigenvalue weighted by Gasteiger charge is 2.26. The van der Waals surface area contributed by atoms with Crippen LogP contribution in [-0.2, 0) is 17.8 Å². The van der Waals surface area contributed by atoms with Gasteiger partial charge in [0.15, 0.2) is 5.76 Å². The maximum Gasteiger partial charge on any atom is 0.287 e. The molecule has 6 nitrogen and oxygen atoms in total. The molecule has 1 aliphatic rings. The minimum atomic E-state index is -0.386. The first-order valence-electron chi connectivity index (χ1n) is 9.44. The van der Waals surface area contributed by atoms with Crippen LogP contribution in [0.25, 0.3) is 0 Å². The molecule has 2 N–H and O–H groups in total. The number of benzene rings is 1. The van der Waals surface area contributed by atoms with E-state index >= 15 is 0 Å². The fourth-order valence-electron chi connectivity index (χ4n) is 3.52. The Morgan fingerprint density at radius 3 is 2.59 bits per heavy atom. The first kappa shape index (κ1) is 19.2. The maximum atomic E-state index is 12.2. The van der Waals surface area contributed by atoms with Gasteiger partial charge in [0.2, 0.25) is 5.91 Å². The third-order valence-electron chi connectivity index (χ3n) is 5.06. The van der Waals surface area contributed by atoms with Gasteiger partial charge in [0, 0.05) is 25.7 Å². The zero-order chi connectivity index (χ0) is 19.2. The molecule has 2 aromatic rings. The van der Waals surface area contributed by atoms with E-state index in [0.29, 0.717) is 12.5 Å². The molecule has 3 rings (SSSR count).